The molecule has 0 aromatic carbocycles. The van der Waals surface area contributed by atoms with Gasteiger partial charge in [0, 0.05) is 18.5 Å². The fourth-order valence-corrected chi connectivity index (χ4v) is 1.12. The summed E-state index contributed by atoms with van der Waals surface area (Å²) in [6.45, 7) is 1.67. The number of nitrogens with one attached hydrogen (secondary N) is 2. The van der Waals surface area contributed by atoms with Gasteiger partial charge in [-0.3, -0.25) is 20.2 Å². The zero-order chi connectivity index (χ0) is 13.0. The van der Waals surface area contributed by atoms with E-state index >= 15 is 0 Å². The molecule has 2 rings (SSSR count). The van der Waals surface area contributed by atoms with Crippen molar-refractivity contribution in [2.75, 3.05) is 10.6 Å². The predicted octanol–water partition coefficient (Wildman–Crippen LogP) is 0.350. The quantitative estimate of drug-likeness (QED) is 0.741. The van der Waals surface area contributed by atoms with E-state index in [9.17, 15) is 9.59 Å². The van der Waals surface area contributed by atoms with Gasteiger partial charge in [-0.2, -0.15) is 0 Å². The number of rotatable bonds is 2. The Morgan fingerprint density at radius 2 is 1.83 bits per heavy atom. The van der Waals surface area contributed by atoms with Gasteiger partial charge in [0.15, 0.2) is 5.82 Å². The van der Waals surface area contributed by atoms with Crippen molar-refractivity contribution in [1.29, 1.82) is 0 Å². The third-order valence-corrected chi connectivity index (χ3v) is 1.87. The smallest absolute Gasteiger partial charge is 0.316 e. The van der Waals surface area contributed by atoms with Crippen molar-refractivity contribution in [2.45, 2.75) is 6.92 Å². The van der Waals surface area contributed by atoms with Crippen LogP contribution >= 0.6 is 0 Å². The van der Waals surface area contributed by atoms with Crippen LogP contribution in [0.2, 0.25) is 0 Å². The maximum absolute atomic E-state index is 11.5. The van der Waals surface area contributed by atoms with Crippen molar-refractivity contribution in [2.24, 2.45) is 0 Å². The van der Waals surface area contributed by atoms with Crippen LogP contribution in [0, 0.1) is 6.92 Å². The molecule has 0 aliphatic heterocycles. The number of carbonyl (C=O) groups is 2. The molecular weight excluding hydrogens is 238 g/mol. The van der Waals surface area contributed by atoms with E-state index in [-0.39, 0.29) is 11.8 Å². The van der Waals surface area contributed by atoms with Gasteiger partial charge in [-0.25, -0.2) is 9.97 Å². The molecule has 0 spiro atoms. The summed E-state index contributed by atoms with van der Waals surface area (Å²) in [4.78, 5) is 30.4. The molecule has 0 aliphatic rings. The molecule has 0 bridgehead atoms. The lowest BCUT2D eigenvalue weighted by molar-refractivity contribution is -0.133. The van der Waals surface area contributed by atoms with Crippen molar-refractivity contribution >= 4 is 23.6 Å². The second kappa shape index (κ2) is 5.04. The summed E-state index contributed by atoms with van der Waals surface area (Å²) in [5, 5.41) is 8.04. The van der Waals surface area contributed by atoms with E-state index in [0.717, 1.165) is 0 Å². The number of amides is 2. The van der Waals surface area contributed by atoms with Gasteiger partial charge in [-0.05, 0) is 13.0 Å². The third-order valence-electron chi connectivity index (χ3n) is 1.87. The molecule has 0 aliphatic carbocycles. The molecule has 0 unspecified atom stereocenters. The second-order valence-corrected chi connectivity index (χ2v) is 3.30. The largest absolute Gasteiger partial charge is 0.360 e. The maximum atomic E-state index is 11.5. The molecule has 0 fully saturated rings. The van der Waals surface area contributed by atoms with Crippen LogP contribution in [0.5, 0.6) is 0 Å². The summed E-state index contributed by atoms with van der Waals surface area (Å²) >= 11 is 0. The lowest BCUT2D eigenvalue weighted by Crippen LogP contribution is -2.29. The Kier molecular flexibility index (Phi) is 3.28. The first-order valence-electron chi connectivity index (χ1n) is 4.98. The van der Waals surface area contributed by atoms with Crippen LogP contribution in [0.25, 0.3) is 0 Å². The van der Waals surface area contributed by atoms with Gasteiger partial charge in [-0.15, -0.1) is 0 Å². The molecule has 0 radical (unpaired) electrons. The summed E-state index contributed by atoms with van der Waals surface area (Å²) in [6, 6.07) is 3.08. The maximum Gasteiger partial charge on any atom is 0.316 e. The molecule has 2 N–H and O–H groups in total. The van der Waals surface area contributed by atoms with Crippen LogP contribution < -0.4 is 10.6 Å². The minimum Gasteiger partial charge on any atom is -0.360 e. The highest BCUT2D eigenvalue weighted by atomic mass is 16.5. The first-order chi connectivity index (χ1) is 8.65. The van der Waals surface area contributed by atoms with E-state index in [1.807, 2.05) is 0 Å². The Morgan fingerprint density at radius 3 is 2.44 bits per heavy atom. The Morgan fingerprint density at radius 1 is 1.17 bits per heavy atom. The molecule has 2 heterocycles. The highest BCUT2D eigenvalue weighted by Gasteiger charge is 2.16. The molecule has 2 amide bonds. The molecule has 0 saturated heterocycles. The molecule has 8 nitrogen and oxygen atoms in total. The Hall–Kier alpha value is -2.77. The van der Waals surface area contributed by atoms with Crippen LogP contribution in [-0.2, 0) is 9.59 Å². The monoisotopic (exact) mass is 247 g/mol. The number of hydrogen-bond donors (Lipinski definition) is 2. The van der Waals surface area contributed by atoms with Crippen LogP contribution in [0.3, 0.4) is 0 Å². The topological polar surface area (TPSA) is 110 Å². The van der Waals surface area contributed by atoms with E-state index in [0.29, 0.717) is 5.76 Å². The Bertz CT molecular complexity index is 566. The van der Waals surface area contributed by atoms with E-state index in [4.69, 9.17) is 4.52 Å². The minimum atomic E-state index is -0.887. The molecular formula is C10H9N5O3. The number of aryl methyl sites for hydroxylation is 1. The van der Waals surface area contributed by atoms with Crippen molar-refractivity contribution < 1.29 is 14.1 Å². The SMILES string of the molecule is Cc1cc(NC(=O)C(=O)Nc2ncccn2)no1. The van der Waals surface area contributed by atoms with Gasteiger partial charge < -0.3 is 4.52 Å². The standard InChI is InChI=1S/C10H9N5O3/c1-6-5-7(15-18-6)13-8(16)9(17)14-10-11-3-2-4-12-10/h2-5H,1H3,(H,13,15,16)(H,11,12,14,17). The fraction of sp³-hybridized carbons (Fsp3) is 0.100. The number of aromatic nitrogens is 3. The van der Waals surface area contributed by atoms with Gasteiger partial charge in [0.1, 0.15) is 5.76 Å². The fourth-order valence-electron chi connectivity index (χ4n) is 1.12. The zero-order valence-electron chi connectivity index (χ0n) is 9.38. The average molecular weight is 247 g/mol. The normalized spacial score (nSPS) is 9.83. The summed E-state index contributed by atoms with van der Waals surface area (Å²) < 4.78 is 4.74. The van der Waals surface area contributed by atoms with Crippen LogP contribution in [0.1, 0.15) is 5.76 Å². The minimum absolute atomic E-state index is 0.0500. The second-order valence-electron chi connectivity index (χ2n) is 3.30. The number of nitrogens with zero attached hydrogens (tertiary/aromatic N) is 3. The highest BCUT2D eigenvalue weighted by Crippen LogP contribution is 2.06. The summed E-state index contributed by atoms with van der Waals surface area (Å²) in [5.41, 5.74) is 0. The molecule has 2 aromatic rings. The van der Waals surface area contributed by atoms with Crippen LogP contribution in [0.15, 0.2) is 29.0 Å². The Labute approximate surface area is 101 Å². The highest BCUT2D eigenvalue weighted by molar-refractivity contribution is 6.43. The van der Waals surface area contributed by atoms with E-state index in [1.165, 1.54) is 18.5 Å². The van der Waals surface area contributed by atoms with Crippen LogP contribution in [-0.4, -0.2) is 26.9 Å². The molecule has 18 heavy (non-hydrogen) atoms. The van der Waals surface area contributed by atoms with Crippen molar-refractivity contribution in [3.8, 4) is 0 Å². The number of anilines is 2. The van der Waals surface area contributed by atoms with E-state index < -0.39 is 11.8 Å². The zero-order valence-corrected chi connectivity index (χ0v) is 9.38. The van der Waals surface area contributed by atoms with Gasteiger partial charge in [-0.1, -0.05) is 5.16 Å². The van der Waals surface area contributed by atoms with Gasteiger partial charge in [0.25, 0.3) is 0 Å². The molecule has 2 aromatic heterocycles. The van der Waals surface area contributed by atoms with Gasteiger partial charge >= 0.3 is 11.8 Å². The molecule has 0 atom stereocenters. The van der Waals surface area contributed by atoms with Gasteiger partial charge in [0.2, 0.25) is 5.95 Å². The third kappa shape index (κ3) is 2.88. The predicted molar refractivity (Wildman–Crippen MR) is 60.5 cm³/mol. The van der Waals surface area contributed by atoms with Crippen LogP contribution in [0.4, 0.5) is 11.8 Å². The summed E-state index contributed by atoms with van der Waals surface area (Å²) in [5.74, 6) is -1.02. The summed E-state index contributed by atoms with van der Waals surface area (Å²) in [6.07, 6.45) is 2.89. The lowest BCUT2D eigenvalue weighted by Gasteiger charge is -2.01. The van der Waals surface area contributed by atoms with Crippen molar-refractivity contribution in [3.63, 3.8) is 0 Å². The average Bonchev–Trinajstić information content (AvgIpc) is 2.76. The summed E-state index contributed by atoms with van der Waals surface area (Å²) in [7, 11) is 0. The lowest BCUT2D eigenvalue weighted by atomic mass is 10.4. The van der Waals surface area contributed by atoms with E-state index in [1.54, 1.807) is 13.0 Å². The Balaban J connectivity index is 1.95. The molecule has 8 heteroatoms. The van der Waals surface area contributed by atoms with Crippen molar-refractivity contribution in [1.82, 2.24) is 15.1 Å². The van der Waals surface area contributed by atoms with Crippen molar-refractivity contribution in [3.05, 3.63) is 30.3 Å². The molecule has 0 saturated carbocycles. The first kappa shape index (κ1) is 11.7. The number of hydrogen-bond acceptors (Lipinski definition) is 6. The number of carbonyl (C=O) groups excluding carboxylic acids is 2. The van der Waals surface area contributed by atoms with E-state index in [2.05, 4.69) is 25.8 Å². The first-order valence-corrected chi connectivity index (χ1v) is 4.98. The molecule has 92 valence electrons. The van der Waals surface area contributed by atoms with Gasteiger partial charge in [0.05, 0.1) is 0 Å².